The van der Waals surface area contributed by atoms with Crippen LogP contribution in [0.5, 0.6) is 0 Å². The topological polar surface area (TPSA) is 87.5 Å². The number of benzene rings is 1. The van der Waals surface area contributed by atoms with Gasteiger partial charge in [-0.15, -0.1) is 5.10 Å². The molecule has 1 aromatic carbocycles. The van der Waals surface area contributed by atoms with Crippen molar-refractivity contribution in [3.05, 3.63) is 30.1 Å². The van der Waals surface area contributed by atoms with Crippen LogP contribution in [-0.2, 0) is 9.59 Å². The fourth-order valence-electron chi connectivity index (χ4n) is 3.67. The van der Waals surface area contributed by atoms with Crippen LogP contribution in [0.15, 0.2) is 29.4 Å². The van der Waals surface area contributed by atoms with E-state index in [1.54, 1.807) is 17.0 Å². The number of tetrazole rings is 1. The number of likely N-dealkylation sites (tertiary alicyclic amines) is 1. The standard InChI is InChI=1S/C19H24FN7O2S/c20-15-4-3-5-16(12-15)27-19(21-22-23-27)30-14-18(29)26-10-8-24(9-11-26)13-17(28)25-6-1-2-7-25/h3-5,12H,1-2,6-11,13-14H2. The first-order valence-corrected chi connectivity index (χ1v) is 11.0. The molecule has 2 amide bonds. The van der Waals surface area contributed by atoms with Gasteiger partial charge in [0.15, 0.2) is 0 Å². The second kappa shape index (κ2) is 9.52. The third-order valence-electron chi connectivity index (χ3n) is 5.36. The monoisotopic (exact) mass is 433 g/mol. The van der Waals surface area contributed by atoms with Crippen molar-refractivity contribution in [2.45, 2.75) is 18.0 Å². The summed E-state index contributed by atoms with van der Waals surface area (Å²) in [5, 5.41) is 11.9. The molecule has 0 radical (unpaired) electrons. The molecule has 30 heavy (non-hydrogen) atoms. The summed E-state index contributed by atoms with van der Waals surface area (Å²) in [7, 11) is 0. The van der Waals surface area contributed by atoms with Gasteiger partial charge in [0.1, 0.15) is 5.82 Å². The van der Waals surface area contributed by atoms with Crippen molar-refractivity contribution >= 4 is 23.6 Å². The van der Waals surface area contributed by atoms with Gasteiger partial charge in [0, 0.05) is 39.3 Å². The zero-order valence-corrected chi connectivity index (χ0v) is 17.4. The molecule has 3 heterocycles. The fraction of sp³-hybridized carbons (Fsp3) is 0.526. The Morgan fingerprint density at radius 3 is 2.47 bits per heavy atom. The summed E-state index contributed by atoms with van der Waals surface area (Å²) >= 11 is 1.22. The van der Waals surface area contributed by atoms with Crippen molar-refractivity contribution in [3.63, 3.8) is 0 Å². The number of amides is 2. The van der Waals surface area contributed by atoms with Gasteiger partial charge < -0.3 is 9.80 Å². The zero-order valence-electron chi connectivity index (χ0n) is 16.6. The van der Waals surface area contributed by atoms with Crippen molar-refractivity contribution in [1.82, 2.24) is 34.9 Å². The molecule has 0 N–H and O–H groups in total. The Bertz CT molecular complexity index is 895. The maximum atomic E-state index is 13.5. The number of rotatable bonds is 6. The molecule has 1 aromatic heterocycles. The van der Waals surface area contributed by atoms with Gasteiger partial charge in [0.2, 0.25) is 17.0 Å². The van der Waals surface area contributed by atoms with Crippen molar-refractivity contribution in [3.8, 4) is 5.69 Å². The molecule has 2 aliphatic rings. The van der Waals surface area contributed by atoms with E-state index in [1.807, 2.05) is 4.90 Å². The van der Waals surface area contributed by atoms with Crippen LogP contribution in [0.3, 0.4) is 0 Å². The molecule has 0 aliphatic carbocycles. The number of thioether (sulfide) groups is 1. The summed E-state index contributed by atoms with van der Waals surface area (Å²) in [6.45, 7) is 4.74. The Labute approximate surface area is 178 Å². The number of hydrogen-bond donors (Lipinski definition) is 0. The normalized spacial score (nSPS) is 17.5. The third kappa shape index (κ3) is 4.96. The van der Waals surface area contributed by atoms with Crippen molar-refractivity contribution < 1.29 is 14.0 Å². The van der Waals surface area contributed by atoms with E-state index in [9.17, 15) is 14.0 Å². The summed E-state index contributed by atoms with van der Waals surface area (Å²) in [5.41, 5.74) is 0.506. The van der Waals surface area contributed by atoms with Crippen LogP contribution < -0.4 is 0 Å². The van der Waals surface area contributed by atoms with Crippen LogP contribution in [-0.4, -0.2) is 98.3 Å². The SMILES string of the molecule is O=C(CSc1nnnn1-c1cccc(F)c1)N1CCN(CC(=O)N2CCCC2)CC1. The summed E-state index contributed by atoms with van der Waals surface area (Å²) in [5.74, 6) is 0.00464. The van der Waals surface area contributed by atoms with Gasteiger partial charge in [-0.05, 0) is 41.5 Å². The number of piperazine rings is 1. The fourth-order valence-corrected chi connectivity index (χ4v) is 4.46. The molecule has 0 atom stereocenters. The van der Waals surface area contributed by atoms with Crippen LogP contribution >= 0.6 is 11.8 Å². The van der Waals surface area contributed by atoms with Gasteiger partial charge >= 0.3 is 0 Å². The van der Waals surface area contributed by atoms with Crippen LogP contribution in [0.2, 0.25) is 0 Å². The lowest BCUT2D eigenvalue weighted by Gasteiger charge is -2.35. The van der Waals surface area contributed by atoms with E-state index in [0.717, 1.165) is 25.9 Å². The first kappa shape index (κ1) is 20.7. The van der Waals surface area contributed by atoms with E-state index in [-0.39, 0.29) is 23.4 Å². The van der Waals surface area contributed by atoms with E-state index < -0.39 is 0 Å². The molecular formula is C19H24FN7O2S. The minimum Gasteiger partial charge on any atom is -0.342 e. The van der Waals surface area contributed by atoms with Crippen LogP contribution in [0.25, 0.3) is 5.69 Å². The van der Waals surface area contributed by atoms with E-state index >= 15 is 0 Å². The van der Waals surface area contributed by atoms with Gasteiger partial charge in [0.05, 0.1) is 18.0 Å². The maximum Gasteiger partial charge on any atom is 0.236 e. The minimum absolute atomic E-state index is 0.000637. The van der Waals surface area contributed by atoms with Gasteiger partial charge in [-0.25, -0.2) is 4.39 Å². The first-order chi connectivity index (χ1) is 14.6. The smallest absolute Gasteiger partial charge is 0.236 e. The van der Waals surface area contributed by atoms with Gasteiger partial charge in [-0.1, -0.05) is 17.8 Å². The average molecular weight is 434 g/mol. The van der Waals surface area contributed by atoms with E-state index in [1.165, 1.54) is 28.6 Å². The molecular weight excluding hydrogens is 409 g/mol. The summed E-state index contributed by atoms with van der Waals surface area (Å²) in [6.07, 6.45) is 2.18. The summed E-state index contributed by atoms with van der Waals surface area (Å²) < 4.78 is 14.9. The molecule has 0 saturated carbocycles. The summed E-state index contributed by atoms with van der Waals surface area (Å²) in [6, 6.07) is 5.97. The number of aromatic nitrogens is 4. The van der Waals surface area contributed by atoms with Crippen molar-refractivity contribution in [1.29, 1.82) is 0 Å². The van der Waals surface area contributed by atoms with E-state index in [0.29, 0.717) is 43.6 Å². The lowest BCUT2D eigenvalue weighted by atomic mass is 10.3. The molecule has 2 aromatic rings. The molecule has 11 heteroatoms. The van der Waals surface area contributed by atoms with Crippen LogP contribution in [0.1, 0.15) is 12.8 Å². The van der Waals surface area contributed by atoms with Gasteiger partial charge in [-0.3, -0.25) is 14.5 Å². The number of carbonyl (C=O) groups excluding carboxylic acids is 2. The zero-order chi connectivity index (χ0) is 20.9. The second-order valence-electron chi connectivity index (χ2n) is 7.39. The molecule has 9 nitrogen and oxygen atoms in total. The minimum atomic E-state index is -0.379. The molecule has 2 fully saturated rings. The van der Waals surface area contributed by atoms with Crippen LogP contribution in [0, 0.1) is 5.82 Å². The number of carbonyl (C=O) groups is 2. The Hall–Kier alpha value is -2.53. The highest BCUT2D eigenvalue weighted by atomic mass is 32.2. The molecule has 0 bridgehead atoms. The average Bonchev–Trinajstić information content (AvgIpc) is 3.45. The predicted molar refractivity (Wildman–Crippen MR) is 109 cm³/mol. The molecule has 160 valence electrons. The van der Waals surface area contributed by atoms with E-state index in [4.69, 9.17) is 0 Å². The highest BCUT2D eigenvalue weighted by Crippen LogP contribution is 2.19. The summed E-state index contributed by atoms with van der Waals surface area (Å²) in [4.78, 5) is 30.7. The lowest BCUT2D eigenvalue weighted by molar-refractivity contribution is -0.133. The number of hydrogen-bond acceptors (Lipinski definition) is 7. The largest absolute Gasteiger partial charge is 0.342 e. The molecule has 2 aliphatic heterocycles. The number of halogens is 1. The van der Waals surface area contributed by atoms with E-state index in [2.05, 4.69) is 20.4 Å². The quantitative estimate of drug-likeness (QED) is 0.619. The van der Waals surface area contributed by atoms with Crippen molar-refractivity contribution in [2.24, 2.45) is 0 Å². The highest BCUT2D eigenvalue weighted by Gasteiger charge is 2.25. The molecule has 4 rings (SSSR count). The lowest BCUT2D eigenvalue weighted by Crippen LogP contribution is -2.51. The van der Waals surface area contributed by atoms with Crippen molar-refractivity contribution in [2.75, 3.05) is 51.6 Å². The van der Waals surface area contributed by atoms with Gasteiger partial charge in [0.25, 0.3) is 0 Å². The third-order valence-corrected chi connectivity index (χ3v) is 6.27. The first-order valence-electron chi connectivity index (χ1n) is 10.1. The molecule has 2 saturated heterocycles. The van der Waals surface area contributed by atoms with Crippen LogP contribution in [0.4, 0.5) is 4.39 Å². The maximum absolute atomic E-state index is 13.5. The Balaban J connectivity index is 1.25. The molecule has 0 spiro atoms. The highest BCUT2D eigenvalue weighted by molar-refractivity contribution is 7.99. The predicted octanol–water partition coefficient (Wildman–Crippen LogP) is 0.660. The Morgan fingerprint density at radius 2 is 1.73 bits per heavy atom. The molecule has 0 unspecified atom stereocenters. The number of nitrogens with zero attached hydrogens (tertiary/aromatic N) is 7. The van der Waals surface area contributed by atoms with Gasteiger partial charge in [-0.2, -0.15) is 4.68 Å². The Morgan fingerprint density at radius 1 is 1.00 bits per heavy atom. The second-order valence-corrected chi connectivity index (χ2v) is 8.33. The Kier molecular flexibility index (Phi) is 6.58.